The minimum absolute atomic E-state index is 0.866. The lowest BCUT2D eigenvalue weighted by Crippen LogP contribution is -2.01. The van der Waals surface area contributed by atoms with Crippen LogP contribution in [-0.2, 0) is 0 Å². The van der Waals surface area contributed by atoms with Gasteiger partial charge in [0, 0.05) is 37.9 Å². The van der Waals surface area contributed by atoms with Gasteiger partial charge in [0.1, 0.15) is 11.2 Å². The molecule has 3 heterocycles. The largest absolute Gasteiger partial charge is 0.456 e. The number of rotatable bonds is 4. The highest BCUT2D eigenvalue weighted by atomic mass is 16.3. The van der Waals surface area contributed by atoms with Crippen molar-refractivity contribution in [2.75, 3.05) is 0 Å². The second-order valence-corrected chi connectivity index (χ2v) is 13.2. The predicted octanol–water partition coefficient (Wildman–Crippen LogP) is 11.7. The summed E-state index contributed by atoms with van der Waals surface area (Å²) in [6.07, 6.45) is 0. The molecule has 8 aromatic carbocycles. The van der Waals surface area contributed by atoms with Crippen molar-refractivity contribution in [1.82, 2.24) is 0 Å². The van der Waals surface area contributed by atoms with E-state index in [1.165, 1.54) is 22.3 Å². The van der Waals surface area contributed by atoms with Crippen molar-refractivity contribution in [3.8, 4) is 55.6 Å². The second-order valence-electron chi connectivity index (χ2n) is 13.2. The molecule has 0 aliphatic carbocycles. The molecule has 11 rings (SSSR count). The lowest BCUT2D eigenvalue weighted by atomic mass is 9.82. The fourth-order valence-corrected chi connectivity index (χ4v) is 8.27. The van der Waals surface area contributed by atoms with Gasteiger partial charge in [-0.1, -0.05) is 133 Å². The maximum atomic E-state index is 6.48. The number of nitrogens with zero attached hydrogens (tertiary/aromatic N) is 2. The summed E-state index contributed by atoms with van der Waals surface area (Å²) in [7, 11) is 0. The molecule has 0 atom stereocenters. The van der Waals surface area contributed by atoms with Crippen LogP contribution in [-0.4, -0.2) is 0 Å². The van der Waals surface area contributed by atoms with E-state index in [2.05, 4.69) is 164 Å². The third-order valence-electron chi connectivity index (χ3n) is 10.4. The Balaban J connectivity index is 1.27. The zero-order chi connectivity index (χ0) is 33.5. The first-order chi connectivity index (χ1) is 25.3. The average molecular weight is 649 g/mol. The molecular formula is C48H28N2O. The molecule has 0 unspecified atom stereocenters. The molecule has 236 valence electrons. The van der Waals surface area contributed by atoms with Gasteiger partial charge in [-0.25, -0.2) is 9.98 Å². The Bertz CT molecular complexity index is 3140. The summed E-state index contributed by atoms with van der Waals surface area (Å²) in [6, 6.07) is 60.2. The second kappa shape index (κ2) is 10.8. The number of fused-ring (bicyclic) bond motifs is 9. The van der Waals surface area contributed by atoms with Crippen LogP contribution in [0.15, 0.2) is 184 Å². The van der Waals surface area contributed by atoms with E-state index in [-0.39, 0.29) is 0 Å². The smallest absolute Gasteiger partial charge is 0.136 e. The van der Waals surface area contributed by atoms with Gasteiger partial charge in [0.2, 0.25) is 0 Å². The average Bonchev–Trinajstić information content (AvgIpc) is 3.89. The van der Waals surface area contributed by atoms with Crippen LogP contribution in [0, 0.1) is 10.4 Å². The summed E-state index contributed by atoms with van der Waals surface area (Å²) >= 11 is 0. The van der Waals surface area contributed by atoms with Crippen molar-refractivity contribution >= 4 is 33.3 Å². The van der Waals surface area contributed by atoms with Crippen LogP contribution < -0.4 is 10.7 Å². The Morgan fingerprint density at radius 3 is 1.88 bits per heavy atom. The zero-order valence-electron chi connectivity index (χ0n) is 27.5. The van der Waals surface area contributed by atoms with Crippen LogP contribution in [0.1, 0.15) is 0 Å². The monoisotopic (exact) mass is 648 g/mol. The van der Waals surface area contributed by atoms with E-state index in [0.717, 1.165) is 87.8 Å². The molecule has 2 aliphatic rings. The lowest BCUT2D eigenvalue weighted by molar-refractivity contribution is 0.669. The summed E-state index contributed by atoms with van der Waals surface area (Å²) in [6.45, 7) is 0. The molecule has 0 radical (unpaired) electrons. The van der Waals surface area contributed by atoms with Gasteiger partial charge in [-0.15, -0.1) is 0 Å². The fraction of sp³-hybridized carbons (Fsp3) is 0. The standard InChI is InChI=1S/C48H28N2O/c1-2-13-29(14-3-1)30-15-4-5-16-31(30)32-17-6-7-18-33(32)35-25-27-40-46(45(35)38-21-12-24-43-44(38)37-20-9-11-23-42(37)51-43)47-41(49-40)28-26-36-34-19-8-10-22-39(34)50-48(36)47/h1-28H. The molecule has 51 heavy (non-hydrogen) atoms. The van der Waals surface area contributed by atoms with Gasteiger partial charge in [-0.2, -0.15) is 0 Å². The van der Waals surface area contributed by atoms with Crippen LogP contribution in [0.2, 0.25) is 0 Å². The van der Waals surface area contributed by atoms with E-state index in [0.29, 0.717) is 0 Å². The SMILES string of the molecule is c1ccc(-c2ccccc2-c2ccccc2-c2ccc3c(c2-c2cccc4oc5ccccc5c24)-c2c4c(ccc2=N3)=c2ccccc2=N4)cc1. The molecule has 0 saturated heterocycles. The summed E-state index contributed by atoms with van der Waals surface area (Å²) < 4.78 is 6.48. The van der Waals surface area contributed by atoms with Crippen LogP contribution in [0.5, 0.6) is 0 Å². The van der Waals surface area contributed by atoms with Gasteiger partial charge < -0.3 is 4.42 Å². The molecular weight excluding hydrogens is 621 g/mol. The number of hydrogen-bond acceptors (Lipinski definition) is 3. The molecule has 2 aliphatic heterocycles. The summed E-state index contributed by atoms with van der Waals surface area (Å²) in [5.74, 6) is 0. The fourth-order valence-electron chi connectivity index (χ4n) is 8.27. The topological polar surface area (TPSA) is 37.9 Å². The molecule has 0 N–H and O–H groups in total. The summed E-state index contributed by atoms with van der Waals surface area (Å²) in [4.78, 5) is 10.5. The molecule has 0 saturated carbocycles. The highest BCUT2D eigenvalue weighted by molar-refractivity contribution is 6.17. The molecule has 0 spiro atoms. The quantitative estimate of drug-likeness (QED) is 0.187. The molecule has 0 amide bonds. The Morgan fingerprint density at radius 1 is 0.353 bits per heavy atom. The minimum atomic E-state index is 0.866. The van der Waals surface area contributed by atoms with E-state index in [1.54, 1.807) is 0 Å². The molecule has 3 heteroatoms. The number of para-hydroxylation sites is 2. The van der Waals surface area contributed by atoms with Crippen molar-refractivity contribution in [1.29, 1.82) is 0 Å². The van der Waals surface area contributed by atoms with Gasteiger partial charge in [-0.3, -0.25) is 0 Å². The van der Waals surface area contributed by atoms with E-state index in [1.807, 2.05) is 6.07 Å². The highest BCUT2D eigenvalue weighted by Gasteiger charge is 2.29. The lowest BCUT2D eigenvalue weighted by Gasteiger charge is -2.20. The van der Waals surface area contributed by atoms with Crippen molar-refractivity contribution in [2.24, 2.45) is 9.98 Å². The first kappa shape index (κ1) is 28.0. The first-order valence-electron chi connectivity index (χ1n) is 17.3. The minimum Gasteiger partial charge on any atom is -0.456 e. The molecule has 0 fully saturated rings. The van der Waals surface area contributed by atoms with Crippen molar-refractivity contribution in [3.63, 3.8) is 0 Å². The third kappa shape index (κ3) is 4.12. The molecule has 3 nitrogen and oxygen atoms in total. The Labute approximate surface area is 293 Å². The maximum Gasteiger partial charge on any atom is 0.136 e. The Morgan fingerprint density at radius 2 is 1.02 bits per heavy atom. The first-order valence-corrected chi connectivity index (χ1v) is 17.3. The molecule has 9 aromatic rings. The van der Waals surface area contributed by atoms with Crippen molar-refractivity contribution < 1.29 is 4.42 Å². The number of furan rings is 1. The maximum absolute atomic E-state index is 6.48. The summed E-state index contributed by atoms with van der Waals surface area (Å²) in [5.41, 5.74) is 15.2. The number of benzene rings is 8. The highest BCUT2D eigenvalue weighted by Crippen LogP contribution is 2.53. The predicted molar refractivity (Wildman–Crippen MR) is 207 cm³/mol. The van der Waals surface area contributed by atoms with Crippen LogP contribution in [0.3, 0.4) is 0 Å². The van der Waals surface area contributed by atoms with E-state index >= 15 is 0 Å². The summed E-state index contributed by atoms with van der Waals surface area (Å²) in [5, 5.41) is 6.45. The van der Waals surface area contributed by atoms with Gasteiger partial charge in [0.25, 0.3) is 0 Å². The zero-order valence-corrected chi connectivity index (χ0v) is 27.5. The van der Waals surface area contributed by atoms with E-state index in [4.69, 9.17) is 14.4 Å². The molecule has 0 bridgehead atoms. The van der Waals surface area contributed by atoms with Gasteiger partial charge in [-0.05, 0) is 75.3 Å². The number of hydrogen-bond donors (Lipinski definition) is 0. The van der Waals surface area contributed by atoms with Crippen LogP contribution in [0.4, 0.5) is 11.4 Å². The van der Waals surface area contributed by atoms with Gasteiger partial charge in [0.05, 0.1) is 22.1 Å². The Hall–Kier alpha value is -6.84. The van der Waals surface area contributed by atoms with Crippen LogP contribution >= 0.6 is 0 Å². The molecule has 1 aromatic heterocycles. The third-order valence-corrected chi connectivity index (χ3v) is 10.4. The van der Waals surface area contributed by atoms with E-state index in [9.17, 15) is 0 Å². The normalized spacial score (nSPS) is 12.2. The van der Waals surface area contributed by atoms with Crippen molar-refractivity contribution in [2.45, 2.75) is 0 Å². The van der Waals surface area contributed by atoms with Crippen LogP contribution in [0.25, 0.3) is 77.6 Å². The van der Waals surface area contributed by atoms with Gasteiger partial charge >= 0.3 is 0 Å². The van der Waals surface area contributed by atoms with Crippen molar-refractivity contribution in [3.05, 3.63) is 191 Å². The Kier molecular flexibility index (Phi) is 5.96. The van der Waals surface area contributed by atoms with E-state index < -0.39 is 0 Å². The van der Waals surface area contributed by atoms with Gasteiger partial charge in [0.15, 0.2) is 0 Å².